The molecule has 29 heavy (non-hydrogen) atoms. The summed E-state index contributed by atoms with van der Waals surface area (Å²) < 4.78 is 33.9. The van der Waals surface area contributed by atoms with Gasteiger partial charge in [0.05, 0.1) is 13.3 Å². The zero-order valence-corrected chi connectivity index (χ0v) is 17.2. The Morgan fingerprint density at radius 2 is 1.97 bits per heavy atom. The fraction of sp³-hybridized carbons (Fsp3) is 0.263. The number of rotatable bonds is 6. The largest absolute Gasteiger partial charge is 0.497 e. The van der Waals surface area contributed by atoms with Crippen LogP contribution in [0.2, 0.25) is 0 Å². The summed E-state index contributed by atoms with van der Waals surface area (Å²) in [7, 11) is -3.96. The maximum absolute atomic E-state index is 12.4. The third kappa shape index (κ3) is 4.50. The fourth-order valence-corrected chi connectivity index (χ4v) is 4.17. The van der Waals surface area contributed by atoms with E-state index in [4.69, 9.17) is 4.74 Å². The van der Waals surface area contributed by atoms with Crippen LogP contribution in [0.4, 0.5) is 0 Å². The number of nitrogens with zero attached hydrogens (tertiary/aromatic N) is 3. The molecule has 152 valence electrons. The standard InChI is InChI=1S/C19H22BN3O5S/c1-13(2)12-23(19-15-6-4-5-7-18(15)29(26,27)22-19)21-11-14-8-9-16(20(24)25)17(10-14)28-3/h4-11,13,24-25H,12H2,1-3H3/b21-11+. The average molecular weight is 415 g/mol. The molecule has 0 amide bonds. The van der Waals surface area contributed by atoms with Crippen LogP contribution in [-0.2, 0) is 10.0 Å². The predicted octanol–water partition coefficient (Wildman–Crippen LogP) is 0.816. The highest BCUT2D eigenvalue weighted by atomic mass is 32.2. The van der Waals surface area contributed by atoms with E-state index in [1.165, 1.54) is 19.2 Å². The lowest BCUT2D eigenvalue weighted by molar-refractivity contribution is 0.385. The second-order valence-corrected chi connectivity index (χ2v) is 8.55. The third-order valence-electron chi connectivity index (χ3n) is 4.28. The molecule has 0 aliphatic carbocycles. The van der Waals surface area contributed by atoms with Gasteiger partial charge in [0.1, 0.15) is 10.6 Å². The smallest absolute Gasteiger partial charge is 0.492 e. The molecule has 10 heteroatoms. The summed E-state index contributed by atoms with van der Waals surface area (Å²) in [6.45, 7) is 4.46. The lowest BCUT2D eigenvalue weighted by Crippen LogP contribution is -2.31. The predicted molar refractivity (Wildman–Crippen MR) is 112 cm³/mol. The van der Waals surface area contributed by atoms with Crippen LogP contribution in [0.1, 0.15) is 25.0 Å². The van der Waals surface area contributed by atoms with Crippen LogP contribution in [-0.4, -0.2) is 56.3 Å². The van der Waals surface area contributed by atoms with Crippen LogP contribution in [0.3, 0.4) is 0 Å². The first kappa shape index (κ1) is 21.0. The second-order valence-electron chi connectivity index (χ2n) is 6.98. The van der Waals surface area contributed by atoms with Crippen LogP contribution < -0.4 is 10.2 Å². The maximum Gasteiger partial charge on any atom is 0.492 e. The van der Waals surface area contributed by atoms with Crippen molar-refractivity contribution in [1.82, 2.24) is 5.01 Å². The first-order valence-corrected chi connectivity index (χ1v) is 10.5. The monoisotopic (exact) mass is 415 g/mol. The van der Waals surface area contributed by atoms with Crippen molar-refractivity contribution in [2.45, 2.75) is 18.7 Å². The molecule has 2 N–H and O–H groups in total. The molecule has 8 nitrogen and oxygen atoms in total. The van der Waals surface area contributed by atoms with Gasteiger partial charge in [0, 0.05) is 17.6 Å². The SMILES string of the molecule is COc1cc(/C=N/N(CC(C)C)C2=NS(=O)(=O)c3ccccc32)ccc1B(O)O. The number of sulfonamides is 1. The molecule has 0 atom stereocenters. The van der Waals surface area contributed by atoms with Crippen LogP contribution in [0.15, 0.2) is 56.9 Å². The molecule has 1 heterocycles. The normalized spacial score (nSPS) is 14.8. The Bertz CT molecular complexity index is 1070. The summed E-state index contributed by atoms with van der Waals surface area (Å²) in [6, 6.07) is 11.5. The van der Waals surface area contributed by atoms with Crippen LogP contribution in [0, 0.1) is 5.92 Å². The molecule has 2 aromatic rings. The van der Waals surface area contributed by atoms with Gasteiger partial charge in [-0.2, -0.15) is 13.5 Å². The maximum atomic E-state index is 12.4. The van der Waals surface area contributed by atoms with Crippen LogP contribution >= 0.6 is 0 Å². The van der Waals surface area contributed by atoms with Gasteiger partial charge in [-0.05, 0) is 29.7 Å². The minimum absolute atomic E-state index is 0.168. The van der Waals surface area contributed by atoms with E-state index in [9.17, 15) is 18.5 Å². The van der Waals surface area contributed by atoms with E-state index in [0.29, 0.717) is 23.4 Å². The zero-order valence-electron chi connectivity index (χ0n) is 16.3. The molecule has 0 bridgehead atoms. The van der Waals surface area contributed by atoms with E-state index < -0.39 is 17.1 Å². The summed E-state index contributed by atoms with van der Waals surface area (Å²) in [6.07, 6.45) is 1.55. The van der Waals surface area contributed by atoms with Gasteiger partial charge in [0.15, 0.2) is 5.84 Å². The van der Waals surface area contributed by atoms with Crippen molar-refractivity contribution in [2.75, 3.05) is 13.7 Å². The molecule has 3 rings (SSSR count). The van der Waals surface area contributed by atoms with Crippen molar-refractivity contribution in [3.05, 3.63) is 53.6 Å². The number of benzene rings is 2. The highest BCUT2D eigenvalue weighted by Crippen LogP contribution is 2.28. The van der Waals surface area contributed by atoms with Gasteiger partial charge in [-0.15, -0.1) is 4.40 Å². The number of fused-ring (bicyclic) bond motifs is 1. The van der Waals surface area contributed by atoms with Gasteiger partial charge >= 0.3 is 7.12 Å². The molecule has 0 aromatic heterocycles. The van der Waals surface area contributed by atoms with E-state index >= 15 is 0 Å². The minimum Gasteiger partial charge on any atom is -0.497 e. The van der Waals surface area contributed by atoms with Gasteiger partial charge < -0.3 is 14.8 Å². The van der Waals surface area contributed by atoms with Crippen molar-refractivity contribution in [3.8, 4) is 5.75 Å². The number of ether oxygens (including phenoxy) is 1. The van der Waals surface area contributed by atoms with Crippen LogP contribution in [0.25, 0.3) is 0 Å². The summed E-state index contributed by atoms with van der Waals surface area (Å²) >= 11 is 0. The Kier molecular flexibility index (Phi) is 6.06. The average Bonchev–Trinajstić information content (AvgIpc) is 2.96. The minimum atomic E-state index is -3.75. The lowest BCUT2D eigenvalue weighted by Gasteiger charge is -2.21. The molecular formula is C19H22BN3O5S. The van der Waals surface area contributed by atoms with E-state index in [-0.39, 0.29) is 22.1 Å². The molecule has 0 saturated carbocycles. The highest BCUT2D eigenvalue weighted by Gasteiger charge is 2.31. The molecule has 1 aliphatic rings. The summed E-state index contributed by atoms with van der Waals surface area (Å²) in [5.74, 6) is 0.789. The Morgan fingerprint density at radius 1 is 1.24 bits per heavy atom. The number of hydrazone groups is 1. The fourth-order valence-electron chi connectivity index (χ4n) is 2.97. The summed E-state index contributed by atoms with van der Waals surface area (Å²) in [5.41, 5.74) is 1.40. The molecule has 0 fully saturated rings. The second kappa shape index (κ2) is 8.36. The Labute approximate surface area is 170 Å². The molecule has 0 saturated heterocycles. The van der Waals surface area contributed by atoms with Crippen molar-refractivity contribution in [2.24, 2.45) is 15.4 Å². The molecule has 0 spiro atoms. The lowest BCUT2D eigenvalue weighted by atomic mass is 9.79. The number of hydrogen-bond donors (Lipinski definition) is 2. The van der Waals surface area contributed by atoms with Gasteiger partial charge in [-0.1, -0.05) is 38.1 Å². The molecule has 1 aliphatic heterocycles. The number of methoxy groups -OCH3 is 1. The van der Waals surface area contributed by atoms with E-state index in [1.807, 2.05) is 13.8 Å². The Morgan fingerprint density at radius 3 is 2.62 bits per heavy atom. The van der Waals surface area contributed by atoms with Gasteiger partial charge in [0.2, 0.25) is 0 Å². The summed E-state index contributed by atoms with van der Waals surface area (Å²) in [5, 5.41) is 24.8. The molecule has 0 radical (unpaired) electrons. The van der Waals surface area contributed by atoms with Crippen LogP contribution in [0.5, 0.6) is 5.75 Å². The topological polar surface area (TPSA) is 112 Å². The van der Waals surface area contributed by atoms with Gasteiger partial charge in [0.25, 0.3) is 10.0 Å². The van der Waals surface area contributed by atoms with Gasteiger partial charge in [-0.3, -0.25) is 0 Å². The van der Waals surface area contributed by atoms with Gasteiger partial charge in [-0.25, -0.2) is 5.01 Å². The summed E-state index contributed by atoms with van der Waals surface area (Å²) in [4.78, 5) is 0.168. The van der Waals surface area contributed by atoms with Crippen molar-refractivity contribution >= 4 is 34.7 Å². The van der Waals surface area contributed by atoms with Crippen molar-refractivity contribution in [3.63, 3.8) is 0 Å². The number of amidine groups is 1. The molecule has 2 aromatic carbocycles. The number of hydrogen-bond acceptors (Lipinski definition) is 7. The third-order valence-corrected chi connectivity index (χ3v) is 5.60. The quantitative estimate of drug-likeness (QED) is 0.411. The molecular weight excluding hydrogens is 393 g/mol. The van der Waals surface area contributed by atoms with E-state index in [2.05, 4.69) is 9.50 Å². The molecule has 0 unspecified atom stereocenters. The van der Waals surface area contributed by atoms with Crippen molar-refractivity contribution < 1.29 is 23.2 Å². The Balaban J connectivity index is 1.98. The first-order valence-electron chi connectivity index (χ1n) is 9.03. The van der Waals surface area contributed by atoms with E-state index in [0.717, 1.165) is 0 Å². The van der Waals surface area contributed by atoms with Crippen molar-refractivity contribution in [1.29, 1.82) is 0 Å². The zero-order chi connectivity index (χ0) is 21.2. The highest BCUT2D eigenvalue weighted by molar-refractivity contribution is 7.90. The first-order chi connectivity index (χ1) is 13.7. The van der Waals surface area contributed by atoms with E-state index in [1.54, 1.807) is 41.6 Å². The Hall–Kier alpha value is -2.69.